The Hall–Kier alpha value is -2.37. The first-order chi connectivity index (χ1) is 15.1. The van der Waals surface area contributed by atoms with Crippen LogP contribution in [0.2, 0.25) is 5.02 Å². The number of aromatic nitrogens is 1. The fraction of sp³-hybridized carbons (Fsp3) is 0.360. The van der Waals surface area contributed by atoms with Crippen molar-refractivity contribution in [2.45, 2.75) is 53.0 Å². The molecule has 0 unspecified atom stereocenters. The smallest absolute Gasteiger partial charge is 0.279 e. The van der Waals surface area contributed by atoms with E-state index in [1.54, 1.807) is 23.5 Å². The maximum absolute atomic E-state index is 12.9. The number of unbranched alkanes of at least 4 members (excludes halogenated alkanes) is 1. The SMILES string of the molecule is CCCCOc1ccc(C(=O)N=c2sc(CCC)c(-c3ccc(Cl)cc3)n2CC)cc1. The number of ether oxygens (including phenoxy) is 1. The number of amides is 1. The topological polar surface area (TPSA) is 43.6 Å². The molecular weight excluding hydrogens is 428 g/mol. The van der Waals surface area contributed by atoms with Crippen molar-refractivity contribution < 1.29 is 9.53 Å². The Balaban J connectivity index is 1.95. The minimum Gasteiger partial charge on any atom is -0.494 e. The van der Waals surface area contributed by atoms with Gasteiger partial charge in [-0.2, -0.15) is 4.99 Å². The lowest BCUT2D eigenvalue weighted by molar-refractivity contribution is 0.0998. The Kier molecular flexibility index (Phi) is 8.50. The molecule has 1 amide bonds. The fourth-order valence-electron chi connectivity index (χ4n) is 3.34. The van der Waals surface area contributed by atoms with Gasteiger partial charge in [-0.25, -0.2) is 0 Å². The number of nitrogens with zero attached hydrogens (tertiary/aromatic N) is 2. The Morgan fingerprint density at radius 2 is 1.74 bits per heavy atom. The minimum absolute atomic E-state index is 0.241. The monoisotopic (exact) mass is 456 g/mol. The van der Waals surface area contributed by atoms with Crippen molar-refractivity contribution in [2.75, 3.05) is 6.61 Å². The predicted molar refractivity (Wildman–Crippen MR) is 129 cm³/mol. The second-order valence-corrected chi connectivity index (χ2v) is 8.80. The molecule has 0 spiro atoms. The first kappa shape index (κ1) is 23.3. The van der Waals surface area contributed by atoms with E-state index >= 15 is 0 Å². The molecule has 2 aromatic carbocycles. The summed E-state index contributed by atoms with van der Waals surface area (Å²) >= 11 is 7.68. The average molecular weight is 457 g/mol. The van der Waals surface area contributed by atoms with Crippen molar-refractivity contribution in [3.8, 4) is 17.0 Å². The summed E-state index contributed by atoms with van der Waals surface area (Å²) in [6.45, 7) is 7.79. The number of carbonyl (C=O) groups excluding carboxylic acids is 1. The Morgan fingerprint density at radius 3 is 2.35 bits per heavy atom. The molecule has 3 rings (SSSR count). The molecular formula is C25H29ClN2O2S. The average Bonchev–Trinajstić information content (AvgIpc) is 3.12. The van der Waals surface area contributed by atoms with Gasteiger partial charge in [0.1, 0.15) is 5.75 Å². The van der Waals surface area contributed by atoms with Gasteiger partial charge < -0.3 is 9.30 Å². The highest BCUT2D eigenvalue weighted by atomic mass is 35.5. The van der Waals surface area contributed by atoms with E-state index in [4.69, 9.17) is 16.3 Å². The van der Waals surface area contributed by atoms with Crippen LogP contribution in [0.3, 0.4) is 0 Å². The minimum atomic E-state index is -0.241. The molecule has 1 heterocycles. The van der Waals surface area contributed by atoms with E-state index in [-0.39, 0.29) is 5.91 Å². The second kappa shape index (κ2) is 11.3. The van der Waals surface area contributed by atoms with E-state index in [2.05, 4.69) is 30.3 Å². The fourth-order valence-corrected chi connectivity index (χ4v) is 4.77. The molecule has 1 aromatic heterocycles. The highest BCUT2D eigenvalue weighted by Gasteiger charge is 2.15. The van der Waals surface area contributed by atoms with Gasteiger partial charge in [0.25, 0.3) is 5.91 Å². The van der Waals surface area contributed by atoms with E-state index in [0.29, 0.717) is 17.2 Å². The third kappa shape index (κ3) is 5.86. The summed E-state index contributed by atoms with van der Waals surface area (Å²) in [6.07, 6.45) is 4.07. The normalized spacial score (nSPS) is 11.7. The largest absolute Gasteiger partial charge is 0.494 e. The summed E-state index contributed by atoms with van der Waals surface area (Å²) in [7, 11) is 0. The molecule has 0 saturated heterocycles. The number of hydrogen-bond acceptors (Lipinski definition) is 3. The number of rotatable bonds is 9. The third-order valence-electron chi connectivity index (χ3n) is 4.96. The van der Waals surface area contributed by atoms with Crippen LogP contribution in [0.4, 0.5) is 0 Å². The van der Waals surface area contributed by atoms with E-state index in [0.717, 1.165) is 54.0 Å². The Morgan fingerprint density at radius 1 is 1.03 bits per heavy atom. The zero-order valence-electron chi connectivity index (χ0n) is 18.4. The molecule has 0 atom stereocenters. The lowest BCUT2D eigenvalue weighted by Gasteiger charge is -2.09. The summed E-state index contributed by atoms with van der Waals surface area (Å²) in [5.74, 6) is 0.536. The summed E-state index contributed by atoms with van der Waals surface area (Å²) in [4.78, 5) is 19.3. The van der Waals surface area contributed by atoms with Crippen molar-refractivity contribution in [3.63, 3.8) is 0 Å². The zero-order chi connectivity index (χ0) is 22.2. The Bertz CT molecular complexity index is 1070. The quantitative estimate of drug-likeness (QED) is 0.334. The van der Waals surface area contributed by atoms with Crippen LogP contribution in [0.15, 0.2) is 53.5 Å². The van der Waals surface area contributed by atoms with Gasteiger partial charge in [-0.1, -0.05) is 50.4 Å². The Labute approximate surface area is 193 Å². The number of benzene rings is 2. The van der Waals surface area contributed by atoms with Crippen LogP contribution >= 0.6 is 22.9 Å². The van der Waals surface area contributed by atoms with Gasteiger partial charge in [0.05, 0.1) is 12.3 Å². The van der Waals surface area contributed by atoms with Crippen LogP contribution < -0.4 is 9.54 Å². The molecule has 0 saturated carbocycles. The molecule has 6 heteroatoms. The standard InChI is InChI=1S/C25H29ClN2O2S/c1-4-7-17-30-21-15-11-19(12-16-21)24(29)27-25-28(6-3)23(22(31-25)8-5-2)18-9-13-20(26)14-10-18/h9-16H,4-8,17H2,1-3H3. The summed E-state index contributed by atoms with van der Waals surface area (Å²) in [5.41, 5.74) is 2.77. The van der Waals surface area contributed by atoms with Gasteiger partial charge in [-0.3, -0.25) is 4.79 Å². The van der Waals surface area contributed by atoms with Crippen LogP contribution in [0.1, 0.15) is 55.3 Å². The van der Waals surface area contributed by atoms with Crippen molar-refractivity contribution >= 4 is 28.8 Å². The maximum Gasteiger partial charge on any atom is 0.279 e. The summed E-state index contributed by atoms with van der Waals surface area (Å²) < 4.78 is 7.81. The molecule has 3 aromatic rings. The van der Waals surface area contributed by atoms with Crippen molar-refractivity contribution in [1.29, 1.82) is 0 Å². The van der Waals surface area contributed by atoms with Crippen LogP contribution in [0, 0.1) is 0 Å². The van der Waals surface area contributed by atoms with Crippen molar-refractivity contribution in [2.24, 2.45) is 4.99 Å². The number of aryl methyl sites for hydroxylation is 1. The molecule has 0 radical (unpaired) electrons. The van der Waals surface area contributed by atoms with Gasteiger partial charge in [0, 0.05) is 22.0 Å². The highest BCUT2D eigenvalue weighted by Crippen LogP contribution is 2.28. The molecule has 0 bridgehead atoms. The molecule has 0 fully saturated rings. The van der Waals surface area contributed by atoms with Gasteiger partial charge in [0.15, 0.2) is 4.80 Å². The van der Waals surface area contributed by atoms with E-state index in [1.165, 1.54) is 4.88 Å². The van der Waals surface area contributed by atoms with Gasteiger partial charge in [-0.15, -0.1) is 11.3 Å². The van der Waals surface area contributed by atoms with E-state index in [9.17, 15) is 4.79 Å². The zero-order valence-corrected chi connectivity index (χ0v) is 19.9. The van der Waals surface area contributed by atoms with E-state index in [1.807, 2.05) is 36.4 Å². The first-order valence-corrected chi connectivity index (χ1v) is 12.1. The second-order valence-electron chi connectivity index (χ2n) is 7.30. The van der Waals surface area contributed by atoms with Crippen LogP contribution in [-0.4, -0.2) is 17.1 Å². The number of carbonyl (C=O) groups is 1. The van der Waals surface area contributed by atoms with Crippen LogP contribution in [-0.2, 0) is 13.0 Å². The lowest BCUT2D eigenvalue weighted by atomic mass is 10.1. The number of hydrogen-bond donors (Lipinski definition) is 0. The lowest BCUT2D eigenvalue weighted by Crippen LogP contribution is -2.17. The number of halogens is 1. The molecule has 0 aliphatic rings. The third-order valence-corrected chi connectivity index (χ3v) is 6.35. The van der Waals surface area contributed by atoms with Gasteiger partial charge in [0.2, 0.25) is 0 Å². The van der Waals surface area contributed by atoms with E-state index < -0.39 is 0 Å². The molecule has 0 N–H and O–H groups in total. The molecule has 31 heavy (non-hydrogen) atoms. The summed E-state index contributed by atoms with van der Waals surface area (Å²) in [6, 6.07) is 15.1. The maximum atomic E-state index is 12.9. The van der Waals surface area contributed by atoms with Gasteiger partial charge >= 0.3 is 0 Å². The summed E-state index contributed by atoms with van der Waals surface area (Å²) in [5, 5.41) is 0.710. The molecule has 0 aliphatic heterocycles. The highest BCUT2D eigenvalue weighted by molar-refractivity contribution is 7.09. The van der Waals surface area contributed by atoms with Crippen molar-refractivity contribution in [1.82, 2.24) is 4.57 Å². The van der Waals surface area contributed by atoms with Crippen LogP contribution in [0.5, 0.6) is 5.75 Å². The molecule has 4 nitrogen and oxygen atoms in total. The predicted octanol–water partition coefficient (Wildman–Crippen LogP) is 6.76. The molecule has 0 aliphatic carbocycles. The van der Waals surface area contributed by atoms with Crippen LogP contribution in [0.25, 0.3) is 11.3 Å². The van der Waals surface area contributed by atoms with Gasteiger partial charge in [-0.05, 0) is 61.7 Å². The molecule has 164 valence electrons. The van der Waals surface area contributed by atoms with Crippen molar-refractivity contribution in [3.05, 3.63) is 68.8 Å². The number of thiazole rings is 1. The first-order valence-electron chi connectivity index (χ1n) is 10.9.